The van der Waals surface area contributed by atoms with Crippen molar-refractivity contribution >= 4 is 5.97 Å². The van der Waals surface area contributed by atoms with Crippen molar-refractivity contribution in [2.45, 2.75) is 45.3 Å². The van der Waals surface area contributed by atoms with Gasteiger partial charge in [0.2, 0.25) is 0 Å². The smallest absolute Gasteiger partial charge is 0.306 e. The van der Waals surface area contributed by atoms with Crippen molar-refractivity contribution in [2.75, 3.05) is 13.2 Å². The molecule has 0 aliphatic carbocycles. The molecule has 0 amide bonds. The number of nitrogens with zero attached hydrogens (tertiary/aromatic N) is 2. The van der Waals surface area contributed by atoms with Crippen molar-refractivity contribution in [1.82, 2.24) is 9.55 Å². The fraction of sp³-hybridized carbons (Fsp3) is 0.714. The molecule has 6 heteroatoms. The highest BCUT2D eigenvalue weighted by atomic mass is 16.5. The van der Waals surface area contributed by atoms with E-state index in [9.17, 15) is 9.90 Å². The van der Waals surface area contributed by atoms with Crippen LogP contribution in [-0.4, -0.2) is 45.1 Å². The number of carboxylic acids is 1. The number of rotatable bonds is 11. The van der Waals surface area contributed by atoms with Gasteiger partial charge in [-0.15, -0.1) is 0 Å². The van der Waals surface area contributed by atoms with Crippen LogP contribution in [0.25, 0.3) is 0 Å². The topological polar surface area (TPSA) is 84.6 Å². The standard InChI is InChI=1S/C14H24N2O4/c1-2-12(14(18)19)5-3-4-8-20-13(10-17)9-16-7-6-15-11-16/h6-7,11-13,17H,2-5,8-10H2,1H3,(H,18,19). The molecule has 114 valence electrons. The molecule has 0 aromatic carbocycles. The number of hydrogen-bond donors (Lipinski definition) is 2. The fourth-order valence-electron chi connectivity index (χ4n) is 2.04. The second-order valence-corrected chi connectivity index (χ2v) is 4.87. The second kappa shape index (κ2) is 9.50. The Bertz CT molecular complexity index is 367. The molecule has 0 fully saturated rings. The first-order chi connectivity index (χ1) is 9.67. The van der Waals surface area contributed by atoms with Crippen LogP contribution < -0.4 is 0 Å². The van der Waals surface area contributed by atoms with Gasteiger partial charge in [0.05, 0.1) is 31.5 Å². The first-order valence-electron chi connectivity index (χ1n) is 7.08. The number of hydrogen-bond acceptors (Lipinski definition) is 4. The summed E-state index contributed by atoms with van der Waals surface area (Å²) in [4.78, 5) is 14.8. The summed E-state index contributed by atoms with van der Waals surface area (Å²) in [5.74, 6) is -0.976. The van der Waals surface area contributed by atoms with E-state index < -0.39 is 5.97 Å². The number of unbranched alkanes of at least 4 members (excludes halogenated alkanes) is 1. The Morgan fingerprint density at radius 2 is 2.25 bits per heavy atom. The van der Waals surface area contributed by atoms with E-state index in [1.54, 1.807) is 12.5 Å². The van der Waals surface area contributed by atoms with Crippen LogP contribution in [0.1, 0.15) is 32.6 Å². The lowest BCUT2D eigenvalue weighted by molar-refractivity contribution is -0.142. The average Bonchev–Trinajstić information content (AvgIpc) is 2.93. The zero-order chi connectivity index (χ0) is 14.8. The van der Waals surface area contributed by atoms with Crippen molar-refractivity contribution in [3.8, 4) is 0 Å². The normalized spacial score (nSPS) is 14.1. The molecule has 0 radical (unpaired) electrons. The average molecular weight is 284 g/mol. The fourth-order valence-corrected chi connectivity index (χ4v) is 2.04. The van der Waals surface area contributed by atoms with Gasteiger partial charge >= 0.3 is 5.97 Å². The van der Waals surface area contributed by atoms with Gasteiger partial charge in [-0.05, 0) is 19.3 Å². The Hall–Kier alpha value is -1.40. The maximum absolute atomic E-state index is 10.9. The van der Waals surface area contributed by atoms with E-state index in [1.807, 2.05) is 17.7 Å². The predicted molar refractivity (Wildman–Crippen MR) is 74.3 cm³/mol. The number of imidazole rings is 1. The Balaban J connectivity index is 2.14. The van der Waals surface area contributed by atoms with Crippen LogP contribution in [0, 0.1) is 5.92 Å². The zero-order valence-electron chi connectivity index (χ0n) is 11.9. The minimum absolute atomic E-state index is 0.0368. The molecule has 0 aliphatic rings. The molecule has 1 rings (SSSR count). The third kappa shape index (κ3) is 6.16. The molecule has 0 saturated carbocycles. The van der Waals surface area contributed by atoms with Gasteiger partial charge in [-0.2, -0.15) is 0 Å². The zero-order valence-corrected chi connectivity index (χ0v) is 11.9. The quantitative estimate of drug-likeness (QED) is 0.602. The molecule has 2 N–H and O–H groups in total. The van der Waals surface area contributed by atoms with Crippen LogP contribution in [0.5, 0.6) is 0 Å². The largest absolute Gasteiger partial charge is 0.481 e. The molecule has 0 bridgehead atoms. The Morgan fingerprint density at radius 3 is 2.80 bits per heavy atom. The summed E-state index contributed by atoms with van der Waals surface area (Å²) in [5, 5.41) is 18.2. The maximum Gasteiger partial charge on any atom is 0.306 e. The molecular formula is C14H24N2O4. The lowest BCUT2D eigenvalue weighted by atomic mass is 10.00. The minimum Gasteiger partial charge on any atom is -0.481 e. The molecule has 0 aliphatic heterocycles. The van der Waals surface area contributed by atoms with Crippen LogP contribution in [0.2, 0.25) is 0 Å². The van der Waals surface area contributed by atoms with Gasteiger partial charge in [0.25, 0.3) is 0 Å². The number of ether oxygens (including phenoxy) is 1. The van der Waals surface area contributed by atoms with E-state index in [0.29, 0.717) is 26.0 Å². The number of aliphatic hydroxyl groups is 1. The second-order valence-electron chi connectivity index (χ2n) is 4.87. The van der Waals surface area contributed by atoms with E-state index >= 15 is 0 Å². The number of aromatic nitrogens is 2. The number of aliphatic hydroxyl groups excluding tert-OH is 1. The Morgan fingerprint density at radius 1 is 1.45 bits per heavy atom. The SMILES string of the molecule is CCC(CCCCOC(CO)Cn1ccnc1)C(=O)O. The summed E-state index contributed by atoms with van der Waals surface area (Å²) in [5.41, 5.74) is 0. The van der Waals surface area contributed by atoms with Gasteiger partial charge in [-0.3, -0.25) is 4.79 Å². The van der Waals surface area contributed by atoms with Crippen LogP contribution in [0.3, 0.4) is 0 Å². The lowest BCUT2D eigenvalue weighted by Crippen LogP contribution is -2.24. The van der Waals surface area contributed by atoms with E-state index in [4.69, 9.17) is 9.84 Å². The van der Waals surface area contributed by atoms with Crippen LogP contribution >= 0.6 is 0 Å². The van der Waals surface area contributed by atoms with E-state index in [2.05, 4.69) is 4.98 Å². The molecule has 2 atom stereocenters. The van der Waals surface area contributed by atoms with Crippen molar-refractivity contribution in [3.63, 3.8) is 0 Å². The Kier molecular flexibility index (Phi) is 7.91. The molecule has 2 unspecified atom stereocenters. The van der Waals surface area contributed by atoms with Crippen LogP contribution in [0.4, 0.5) is 0 Å². The number of carboxylic acid groups (broad SMARTS) is 1. The summed E-state index contributed by atoms with van der Waals surface area (Å²) in [6.45, 7) is 2.96. The highest BCUT2D eigenvalue weighted by Gasteiger charge is 2.14. The van der Waals surface area contributed by atoms with E-state index in [0.717, 1.165) is 12.8 Å². The maximum atomic E-state index is 10.9. The number of aliphatic carboxylic acids is 1. The third-order valence-corrected chi connectivity index (χ3v) is 3.32. The highest BCUT2D eigenvalue weighted by Crippen LogP contribution is 2.13. The van der Waals surface area contributed by atoms with Crippen LogP contribution in [-0.2, 0) is 16.1 Å². The van der Waals surface area contributed by atoms with Gasteiger partial charge < -0.3 is 19.5 Å². The molecule has 1 heterocycles. The lowest BCUT2D eigenvalue weighted by Gasteiger charge is -2.16. The predicted octanol–water partition coefficient (Wildman–Crippen LogP) is 1.54. The van der Waals surface area contributed by atoms with Gasteiger partial charge in [0.15, 0.2) is 0 Å². The molecule has 1 aromatic rings. The van der Waals surface area contributed by atoms with Crippen LogP contribution in [0.15, 0.2) is 18.7 Å². The first kappa shape index (κ1) is 16.7. The van der Waals surface area contributed by atoms with Gasteiger partial charge in [-0.25, -0.2) is 4.98 Å². The molecule has 20 heavy (non-hydrogen) atoms. The van der Waals surface area contributed by atoms with E-state index in [1.165, 1.54) is 0 Å². The van der Waals surface area contributed by atoms with Gasteiger partial charge in [-0.1, -0.05) is 13.3 Å². The Labute approximate surface area is 119 Å². The van der Waals surface area contributed by atoms with Crippen molar-refractivity contribution < 1.29 is 19.7 Å². The summed E-state index contributed by atoms with van der Waals surface area (Å²) in [6.07, 6.45) is 7.93. The summed E-state index contributed by atoms with van der Waals surface area (Å²) in [7, 11) is 0. The molecule has 0 saturated heterocycles. The summed E-state index contributed by atoms with van der Waals surface area (Å²) < 4.78 is 7.45. The van der Waals surface area contributed by atoms with Gasteiger partial charge in [0.1, 0.15) is 0 Å². The van der Waals surface area contributed by atoms with E-state index in [-0.39, 0.29) is 18.6 Å². The molecular weight excluding hydrogens is 260 g/mol. The third-order valence-electron chi connectivity index (χ3n) is 3.32. The molecule has 0 spiro atoms. The van der Waals surface area contributed by atoms with Crippen molar-refractivity contribution in [3.05, 3.63) is 18.7 Å². The van der Waals surface area contributed by atoms with Gasteiger partial charge in [0, 0.05) is 19.0 Å². The monoisotopic (exact) mass is 284 g/mol. The van der Waals surface area contributed by atoms with Crippen molar-refractivity contribution in [1.29, 1.82) is 0 Å². The molecule has 6 nitrogen and oxygen atoms in total. The summed E-state index contributed by atoms with van der Waals surface area (Å²) >= 11 is 0. The first-order valence-corrected chi connectivity index (χ1v) is 7.08. The summed E-state index contributed by atoms with van der Waals surface area (Å²) in [6, 6.07) is 0. The minimum atomic E-state index is -0.721. The number of carbonyl (C=O) groups is 1. The van der Waals surface area contributed by atoms with Crippen molar-refractivity contribution in [2.24, 2.45) is 5.92 Å². The highest BCUT2D eigenvalue weighted by molar-refractivity contribution is 5.69. The molecule has 1 aromatic heterocycles.